The molecule has 0 atom stereocenters. The predicted octanol–water partition coefficient (Wildman–Crippen LogP) is 2.89. The maximum Gasteiger partial charge on any atom is 0.289 e. The normalized spacial score (nSPS) is 14.0. The second kappa shape index (κ2) is 7.96. The number of carbonyl (C=O) groups excluding carboxylic acids is 2. The monoisotopic (exact) mass is 376 g/mol. The van der Waals surface area contributed by atoms with Crippen molar-refractivity contribution in [1.29, 1.82) is 0 Å². The summed E-state index contributed by atoms with van der Waals surface area (Å²) in [7, 11) is 0. The van der Waals surface area contributed by atoms with E-state index in [4.69, 9.17) is 4.42 Å². The quantitative estimate of drug-likeness (QED) is 0.757. The molecule has 1 aromatic carbocycles. The molecule has 28 heavy (non-hydrogen) atoms. The summed E-state index contributed by atoms with van der Waals surface area (Å²) in [5, 5.41) is 2.82. The lowest BCUT2D eigenvalue weighted by molar-refractivity contribution is 0.0714. The summed E-state index contributed by atoms with van der Waals surface area (Å²) in [5.74, 6) is 0.0335. The zero-order valence-electron chi connectivity index (χ0n) is 15.2. The van der Waals surface area contributed by atoms with Gasteiger partial charge in [0.1, 0.15) is 5.69 Å². The average molecular weight is 376 g/mol. The number of piperazine rings is 1. The molecule has 0 saturated carbocycles. The molecule has 0 unspecified atom stereocenters. The first-order chi connectivity index (χ1) is 13.7. The lowest BCUT2D eigenvalue weighted by atomic mass is 10.2. The van der Waals surface area contributed by atoms with Crippen LogP contribution in [0.25, 0.3) is 0 Å². The second-order valence-corrected chi connectivity index (χ2v) is 6.48. The van der Waals surface area contributed by atoms with Crippen LogP contribution >= 0.6 is 0 Å². The molecule has 7 heteroatoms. The first-order valence-corrected chi connectivity index (χ1v) is 9.11. The third-order valence-electron chi connectivity index (χ3n) is 4.68. The Kier molecular flexibility index (Phi) is 5.05. The number of hydrogen-bond acceptors (Lipinski definition) is 5. The number of benzene rings is 1. The SMILES string of the molecule is O=C(Nc1ccccc1)c1ccc(N2CCN(C(=O)c3ccco3)CC2)cn1. The summed E-state index contributed by atoms with van der Waals surface area (Å²) >= 11 is 0. The van der Waals surface area contributed by atoms with E-state index in [-0.39, 0.29) is 11.8 Å². The number of anilines is 2. The van der Waals surface area contributed by atoms with Gasteiger partial charge in [-0.15, -0.1) is 0 Å². The number of amides is 2. The molecular formula is C21H20N4O3. The average Bonchev–Trinajstić information content (AvgIpc) is 3.29. The van der Waals surface area contributed by atoms with E-state index in [1.54, 1.807) is 29.3 Å². The number of pyridine rings is 1. The lowest BCUT2D eigenvalue weighted by Gasteiger charge is -2.35. The zero-order chi connectivity index (χ0) is 19.3. The second-order valence-electron chi connectivity index (χ2n) is 6.48. The first-order valence-electron chi connectivity index (χ1n) is 9.11. The number of para-hydroxylation sites is 1. The van der Waals surface area contributed by atoms with Gasteiger partial charge in [-0.3, -0.25) is 9.59 Å². The van der Waals surface area contributed by atoms with Crippen LogP contribution in [-0.2, 0) is 0 Å². The minimum Gasteiger partial charge on any atom is -0.459 e. The molecule has 4 rings (SSSR count). The number of hydrogen-bond donors (Lipinski definition) is 1. The number of nitrogens with one attached hydrogen (secondary N) is 1. The van der Waals surface area contributed by atoms with Gasteiger partial charge in [-0.1, -0.05) is 18.2 Å². The van der Waals surface area contributed by atoms with E-state index in [1.165, 1.54) is 6.26 Å². The maximum absolute atomic E-state index is 12.3. The molecule has 0 radical (unpaired) electrons. The predicted molar refractivity (Wildman–Crippen MR) is 105 cm³/mol. The number of rotatable bonds is 4. The molecule has 1 saturated heterocycles. The van der Waals surface area contributed by atoms with Crippen LogP contribution in [0.4, 0.5) is 11.4 Å². The topological polar surface area (TPSA) is 78.7 Å². The van der Waals surface area contributed by atoms with Crippen LogP contribution in [-0.4, -0.2) is 47.9 Å². The largest absolute Gasteiger partial charge is 0.459 e. The Morgan fingerprint density at radius 2 is 1.71 bits per heavy atom. The van der Waals surface area contributed by atoms with E-state index in [9.17, 15) is 9.59 Å². The Bertz CT molecular complexity index is 932. The number of carbonyl (C=O) groups is 2. The van der Waals surface area contributed by atoms with Gasteiger partial charge in [-0.2, -0.15) is 0 Å². The summed E-state index contributed by atoms with van der Waals surface area (Å²) in [6.07, 6.45) is 3.20. The molecule has 3 heterocycles. The third kappa shape index (κ3) is 3.88. The van der Waals surface area contributed by atoms with Crippen LogP contribution in [0.1, 0.15) is 21.0 Å². The molecule has 1 aliphatic heterocycles. The van der Waals surface area contributed by atoms with Gasteiger partial charge in [0.25, 0.3) is 11.8 Å². The Morgan fingerprint density at radius 3 is 2.36 bits per heavy atom. The fraction of sp³-hybridized carbons (Fsp3) is 0.190. The van der Waals surface area contributed by atoms with Gasteiger partial charge in [-0.25, -0.2) is 4.98 Å². The first kappa shape index (κ1) is 17.8. The molecule has 7 nitrogen and oxygen atoms in total. The third-order valence-corrected chi connectivity index (χ3v) is 4.68. The summed E-state index contributed by atoms with van der Waals surface area (Å²) < 4.78 is 5.19. The highest BCUT2D eigenvalue weighted by atomic mass is 16.3. The molecule has 1 aliphatic rings. The van der Waals surface area contributed by atoms with Crippen molar-refractivity contribution < 1.29 is 14.0 Å². The van der Waals surface area contributed by atoms with E-state index in [2.05, 4.69) is 15.2 Å². The van der Waals surface area contributed by atoms with Crippen molar-refractivity contribution >= 4 is 23.2 Å². The number of furan rings is 1. The zero-order valence-corrected chi connectivity index (χ0v) is 15.2. The highest BCUT2D eigenvalue weighted by molar-refractivity contribution is 6.02. The summed E-state index contributed by atoms with van der Waals surface area (Å²) in [4.78, 5) is 32.9. The Hall–Kier alpha value is -3.61. The van der Waals surface area contributed by atoms with E-state index >= 15 is 0 Å². The van der Waals surface area contributed by atoms with Gasteiger partial charge < -0.3 is 19.5 Å². The molecule has 2 aromatic heterocycles. The van der Waals surface area contributed by atoms with Crippen LogP contribution in [0, 0.1) is 0 Å². The number of nitrogens with zero attached hydrogens (tertiary/aromatic N) is 3. The highest BCUT2D eigenvalue weighted by Gasteiger charge is 2.24. The Balaban J connectivity index is 1.34. The molecule has 1 N–H and O–H groups in total. The molecule has 3 aromatic rings. The van der Waals surface area contributed by atoms with Gasteiger partial charge in [-0.05, 0) is 36.4 Å². The summed E-state index contributed by atoms with van der Waals surface area (Å²) in [6, 6.07) is 16.3. The van der Waals surface area contributed by atoms with E-state index in [1.807, 2.05) is 36.4 Å². The van der Waals surface area contributed by atoms with Crippen molar-refractivity contribution in [3.05, 3.63) is 78.5 Å². The fourth-order valence-corrected chi connectivity index (χ4v) is 3.15. The van der Waals surface area contributed by atoms with Crippen molar-refractivity contribution in [3.8, 4) is 0 Å². The van der Waals surface area contributed by atoms with E-state index < -0.39 is 0 Å². The Labute approximate surface area is 162 Å². The van der Waals surface area contributed by atoms with Gasteiger partial charge in [0, 0.05) is 31.9 Å². The van der Waals surface area contributed by atoms with Crippen molar-refractivity contribution in [3.63, 3.8) is 0 Å². The summed E-state index contributed by atoms with van der Waals surface area (Å²) in [5.41, 5.74) is 2.02. The van der Waals surface area contributed by atoms with Crippen molar-refractivity contribution in [2.75, 3.05) is 36.4 Å². The molecule has 0 bridgehead atoms. The van der Waals surface area contributed by atoms with Crippen molar-refractivity contribution in [2.45, 2.75) is 0 Å². The molecule has 0 aliphatic carbocycles. The smallest absolute Gasteiger partial charge is 0.289 e. The molecule has 0 spiro atoms. The van der Waals surface area contributed by atoms with Gasteiger partial charge in [0.15, 0.2) is 5.76 Å². The van der Waals surface area contributed by atoms with Gasteiger partial charge in [0.2, 0.25) is 0 Å². The van der Waals surface area contributed by atoms with Crippen LogP contribution in [0.3, 0.4) is 0 Å². The Morgan fingerprint density at radius 1 is 0.929 bits per heavy atom. The highest BCUT2D eigenvalue weighted by Crippen LogP contribution is 2.17. The van der Waals surface area contributed by atoms with Crippen LogP contribution < -0.4 is 10.2 Å². The lowest BCUT2D eigenvalue weighted by Crippen LogP contribution is -2.48. The van der Waals surface area contributed by atoms with Gasteiger partial charge in [0.05, 0.1) is 18.1 Å². The van der Waals surface area contributed by atoms with Gasteiger partial charge >= 0.3 is 0 Å². The maximum atomic E-state index is 12.3. The fourth-order valence-electron chi connectivity index (χ4n) is 3.15. The van der Waals surface area contributed by atoms with Crippen molar-refractivity contribution in [1.82, 2.24) is 9.88 Å². The summed E-state index contributed by atoms with van der Waals surface area (Å²) in [6.45, 7) is 2.61. The van der Waals surface area contributed by atoms with Crippen molar-refractivity contribution in [2.24, 2.45) is 0 Å². The minimum absolute atomic E-state index is 0.0873. The molecule has 142 valence electrons. The number of aromatic nitrogens is 1. The minimum atomic E-state index is -0.244. The van der Waals surface area contributed by atoms with E-state index in [0.717, 1.165) is 11.4 Å². The van der Waals surface area contributed by atoms with Crippen LogP contribution in [0.5, 0.6) is 0 Å². The standard InChI is InChI=1S/C21H20N4O3/c26-20(23-16-5-2-1-3-6-16)18-9-8-17(15-22-18)24-10-12-25(13-11-24)21(27)19-7-4-14-28-19/h1-9,14-15H,10-13H2,(H,23,26). The van der Waals surface area contributed by atoms with Crippen LogP contribution in [0.2, 0.25) is 0 Å². The molecule has 2 amide bonds. The molecular weight excluding hydrogens is 356 g/mol. The van der Waals surface area contributed by atoms with E-state index in [0.29, 0.717) is 37.6 Å². The molecule has 1 fully saturated rings. The van der Waals surface area contributed by atoms with Crippen LogP contribution in [0.15, 0.2) is 71.5 Å².